The lowest BCUT2D eigenvalue weighted by Crippen LogP contribution is -2.36. The Morgan fingerprint density at radius 1 is 1.15 bits per heavy atom. The van der Waals surface area contributed by atoms with Crippen molar-refractivity contribution in [2.45, 2.75) is 33.2 Å². The van der Waals surface area contributed by atoms with Crippen LogP contribution in [0.2, 0.25) is 0 Å². The van der Waals surface area contributed by atoms with Crippen LogP contribution in [-0.2, 0) is 15.6 Å². The van der Waals surface area contributed by atoms with Crippen molar-refractivity contribution in [3.63, 3.8) is 0 Å². The lowest BCUT2D eigenvalue weighted by atomic mass is 9.94. The van der Waals surface area contributed by atoms with Crippen molar-refractivity contribution in [3.8, 4) is 16.8 Å². The van der Waals surface area contributed by atoms with Gasteiger partial charge in [-0.3, -0.25) is 4.57 Å². The van der Waals surface area contributed by atoms with E-state index in [-0.39, 0.29) is 17.0 Å². The molecule has 8 nitrogen and oxygen atoms in total. The minimum Gasteiger partial charge on any atom is -0.386 e. The third-order valence-corrected chi connectivity index (χ3v) is 7.89. The molecule has 11 heteroatoms. The number of nitrogens with zero attached hydrogens (tertiary/aromatic N) is 4. The number of aromatic nitrogens is 4. The fraction of sp³-hybridized carbons (Fsp3) is 0.304. The molecule has 0 bridgehead atoms. The van der Waals surface area contributed by atoms with Crippen molar-refractivity contribution in [2.75, 3.05) is 23.4 Å². The van der Waals surface area contributed by atoms with Gasteiger partial charge in [-0.15, -0.1) is 10.2 Å². The Kier molecular flexibility index (Phi) is 4.77. The number of rotatable bonds is 4. The van der Waals surface area contributed by atoms with Gasteiger partial charge >= 0.3 is 0 Å². The summed E-state index contributed by atoms with van der Waals surface area (Å²) in [6.07, 6.45) is 1.40. The van der Waals surface area contributed by atoms with Gasteiger partial charge in [-0.25, -0.2) is 21.2 Å². The third kappa shape index (κ3) is 3.03. The zero-order valence-corrected chi connectivity index (χ0v) is 20.2. The molecule has 3 heterocycles. The predicted octanol–water partition coefficient (Wildman–Crippen LogP) is 4.38. The summed E-state index contributed by atoms with van der Waals surface area (Å²) in [6.45, 7) is 7.07. The Morgan fingerprint density at radius 2 is 1.88 bits per heavy atom. The molecule has 0 spiro atoms. The number of aryl methyl sites for hydroxylation is 1. The Labute approximate surface area is 195 Å². The average molecular weight is 487 g/mol. The van der Waals surface area contributed by atoms with Gasteiger partial charge in [0.15, 0.2) is 5.82 Å². The summed E-state index contributed by atoms with van der Waals surface area (Å²) in [5.74, 6) is -0.128. The van der Waals surface area contributed by atoms with Gasteiger partial charge in [0, 0.05) is 24.2 Å². The lowest BCUT2D eigenvalue weighted by Gasteiger charge is -2.35. The van der Waals surface area contributed by atoms with E-state index < -0.39 is 27.2 Å². The van der Waals surface area contributed by atoms with E-state index in [1.165, 1.54) is 31.3 Å². The largest absolute Gasteiger partial charge is 0.386 e. The molecule has 1 aliphatic heterocycles. The molecular weight excluding hydrogens is 462 g/mol. The average Bonchev–Trinajstić information content (AvgIpc) is 3.38. The maximum absolute atomic E-state index is 15.6. The van der Waals surface area contributed by atoms with Crippen molar-refractivity contribution in [1.82, 2.24) is 18.7 Å². The van der Waals surface area contributed by atoms with Gasteiger partial charge in [-0.2, -0.15) is 0 Å². The van der Waals surface area contributed by atoms with Crippen molar-refractivity contribution >= 4 is 32.3 Å². The van der Waals surface area contributed by atoms with Gasteiger partial charge in [0.2, 0.25) is 10.0 Å². The highest BCUT2D eigenvalue weighted by Crippen LogP contribution is 2.47. The summed E-state index contributed by atoms with van der Waals surface area (Å²) in [5, 5.41) is 15.3. The zero-order chi connectivity index (χ0) is 24.6. The van der Waals surface area contributed by atoms with Crippen molar-refractivity contribution in [1.29, 1.82) is 0 Å². The molecular formula is C23H24F2N6O2S. The summed E-state index contributed by atoms with van der Waals surface area (Å²) >= 11 is 0. The molecule has 0 saturated carbocycles. The van der Waals surface area contributed by atoms with E-state index in [9.17, 15) is 12.8 Å². The normalized spacial score (nSPS) is 14.6. The van der Waals surface area contributed by atoms with Gasteiger partial charge in [0.25, 0.3) is 0 Å². The molecule has 178 valence electrons. The molecule has 5 rings (SSSR count). The minimum absolute atomic E-state index is 0.144. The number of hydrogen-bond donors (Lipinski definition) is 2. The smallest absolute Gasteiger partial charge is 0.238 e. The number of anilines is 2. The zero-order valence-electron chi connectivity index (χ0n) is 19.4. The number of benzene rings is 2. The van der Waals surface area contributed by atoms with E-state index in [0.717, 1.165) is 3.97 Å². The van der Waals surface area contributed by atoms with E-state index in [0.29, 0.717) is 39.5 Å². The molecule has 0 atom stereocenters. The van der Waals surface area contributed by atoms with Crippen LogP contribution in [0.4, 0.5) is 20.2 Å². The lowest BCUT2D eigenvalue weighted by molar-refractivity contribution is 0.523. The maximum Gasteiger partial charge on any atom is 0.238 e. The second-order valence-electron chi connectivity index (χ2n) is 8.81. The number of nitrogens with one attached hydrogen (secondary N) is 2. The van der Waals surface area contributed by atoms with Gasteiger partial charge in [-0.1, -0.05) is 0 Å². The molecule has 0 fully saturated rings. The molecule has 0 radical (unpaired) electrons. The second kappa shape index (κ2) is 7.26. The van der Waals surface area contributed by atoms with E-state index >= 15 is 4.39 Å². The molecule has 2 aromatic carbocycles. The Balaban J connectivity index is 1.87. The number of fused-ring (bicyclic) bond motifs is 4. The fourth-order valence-electron chi connectivity index (χ4n) is 4.64. The van der Waals surface area contributed by atoms with Crippen LogP contribution in [0.25, 0.3) is 27.7 Å². The molecule has 2 aromatic heterocycles. The van der Waals surface area contributed by atoms with E-state index in [2.05, 4.69) is 20.8 Å². The summed E-state index contributed by atoms with van der Waals surface area (Å²) < 4.78 is 58.4. The highest BCUT2D eigenvalue weighted by molar-refractivity contribution is 7.90. The highest BCUT2D eigenvalue weighted by Gasteiger charge is 2.38. The summed E-state index contributed by atoms with van der Waals surface area (Å²) in [6, 6.07) is 5.39. The highest BCUT2D eigenvalue weighted by atomic mass is 32.2. The molecule has 0 unspecified atom stereocenters. The third-order valence-electron chi connectivity index (χ3n) is 6.24. The van der Waals surface area contributed by atoms with Crippen molar-refractivity contribution < 1.29 is 17.2 Å². The molecule has 0 saturated heterocycles. The molecule has 2 N–H and O–H groups in total. The van der Waals surface area contributed by atoms with Crippen LogP contribution in [0.3, 0.4) is 0 Å². The first kappa shape index (κ1) is 22.3. The van der Waals surface area contributed by atoms with Crippen LogP contribution >= 0.6 is 0 Å². The van der Waals surface area contributed by atoms with Crippen LogP contribution in [0.1, 0.15) is 32.4 Å². The monoisotopic (exact) mass is 486 g/mol. The van der Waals surface area contributed by atoms with E-state index in [1.54, 1.807) is 24.6 Å². The second-order valence-corrected chi connectivity index (χ2v) is 10.9. The molecule has 4 aromatic rings. The summed E-state index contributed by atoms with van der Waals surface area (Å²) in [7, 11) is -1.96. The Bertz CT molecular complexity index is 1590. The quantitative estimate of drug-likeness (QED) is 0.445. The summed E-state index contributed by atoms with van der Waals surface area (Å²) in [4.78, 5) is 0. The van der Waals surface area contributed by atoms with Gasteiger partial charge in [0.1, 0.15) is 17.5 Å². The van der Waals surface area contributed by atoms with E-state index in [4.69, 9.17) is 0 Å². The van der Waals surface area contributed by atoms with Gasteiger partial charge in [-0.05, 0) is 57.5 Å². The first-order chi connectivity index (χ1) is 16.0. The van der Waals surface area contributed by atoms with Crippen molar-refractivity contribution in [2.24, 2.45) is 0 Å². The first-order valence-corrected chi connectivity index (χ1v) is 12.4. The molecule has 0 aliphatic carbocycles. The van der Waals surface area contributed by atoms with E-state index in [1.807, 2.05) is 13.8 Å². The number of halogens is 2. The van der Waals surface area contributed by atoms with Crippen molar-refractivity contribution in [3.05, 3.63) is 53.7 Å². The van der Waals surface area contributed by atoms with Gasteiger partial charge in [0.05, 0.1) is 33.9 Å². The van der Waals surface area contributed by atoms with Crippen LogP contribution in [0, 0.1) is 18.6 Å². The number of hydrogen-bond acceptors (Lipinski definition) is 6. The minimum atomic E-state index is -3.66. The fourth-order valence-corrected chi connectivity index (χ4v) is 5.61. The van der Waals surface area contributed by atoms with Gasteiger partial charge < -0.3 is 10.6 Å². The SMILES string of the molecule is CCS(=O)(=O)n1ccc2c(-c3cc(F)c4c(c3NC)-n3c(C)nnc3C(C)(C)N4)cc(F)cc21. The molecule has 34 heavy (non-hydrogen) atoms. The first-order valence-electron chi connectivity index (χ1n) is 10.8. The maximum atomic E-state index is 15.6. The van der Waals surface area contributed by atoms with Crippen LogP contribution in [-0.4, -0.2) is 40.0 Å². The van der Waals surface area contributed by atoms with Crippen LogP contribution in [0.5, 0.6) is 0 Å². The standard InChI is InChI=1S/C23H24F2N6O2S/c1-6-34(32,33)30-8-7-14-15(9-13(24)10-18(14)30)16-11-17(25)20-21(19(16)26-5)31-12(2)28-29-22(31)23(3,4)27-20/h7-11,26-27H,6H2,1-5H3. The molecule has 1 aliphatic rings. The predicted molar refractivity (Wildman–Crippen MR) is 128 cm³/mol. The topological polar surface area (TPSA) is 93.8 Å². The molecule has 0 amide bonds. The Morgan fingerprint density at radius 3 is 2.56 bits per heavy atom. The van der Waals surface area contributed by atoms with Crippen LogP contribution < -0.4 is 10.6 Å². The Hall–Kier alpha value is -3.47. The summed E-state index contributed by atoms with van der Waals surface area (Å²) in [5.41, 5.74) is 1.54. The van der Waals surface area contributed by atoms with Crippen LogP contribution in [0.15, 0.2) is 30.5 Å².